The maximum Gasteiger partial charge on any atom is 0.412 e. The molecule has 0 saturated carbocycles. The van der Waals surface area contributed by atoms with E-state index in [0.717, 1.165) is 6.07 Å². The third kappa shape index (κ3) is 5.88. The lowest BCUT2D eigenvalue weighted by molar-refractivity contribution is 0.102. The summed E-state index contributed by atoms with van der Waals surface area (Å²) < 4.78 is 24.4. The van der Waals surface area contributed by atoms with Crippen molar-refractivity contribution in [3.05, 3.63) is 59.7 Å². The average Bonchev–Trinajstić information content (AvgIpc) is 3.21. The Kier molecular flexibility index (Phi) is 6.33. The summed E-state index contributed by atoms with van der Waals surface area (Å²) in [7, 11) is 0. The smallest absolute Gasteiger partial charge is 0.409 e. The Labute approximate surface area is 178 Å². The van der Waals surface area contributed by atoms with Crippen LogP contribution in [0.1, 0.15) is 36.7 Å². The maximum atomic E-state index is 14.5. The summed E-state index contributed by atoms with van der Waals surface area (Å²) in [5.41, 5.74) is 1.23. The number of hydrogen-bond donors (Lipinski definition) is 2. The summed E-state index contributed by atoms with van der Waals surface area (Å²) in [6.45, 7) is 8.02. The highest BCUT2D eigenvalue weighted by molar-refractivity contribution is 6.04. The lowest BCUT2D eigenvalue weighted by Crippen LogP contribution is -2.34. The molecule has 3 rings (SSSR count). The van der Waals surface area contributed by atoms with Crippen molar-refractivity contribution in [2.75, 3.05) is 11.9 Å². The van der Waals surface area contributed by atoms with Crippen LogP contribution in [0.2, 0.25) is 0 Å². The third-order valence-electron chi connectivity index (χ3n) is 4.27. The van der Waals surface area contributed by atoms with E-state index in [4.69, 9.17) is 4.74 Å². The van der Waals surface area contributed by atoms with Gasteiger partial charge in [0.2, 0.25) is 0 Å². The molecule has 0 fully saturated rings. The number of nitrogens with one attached hydrogen (secondary N) is 2. The zero-order valence-corrected chi connectivity index (χ0v) is 17.7. The molecule has 0 radical (unpaired) electrons. The van der Waals surface area contributed by atoms with Gasteiger partial charge >= 0.3 is 6.09 Å². The molecule has 0 aliphatic rings. The number of carbonyl (C=O) groups excluding carboxylic acids is 2. The van der Waals surface area contributed by atoms with E-state index in [1.165, 1.54) is 24.6 Å². The number of carbonyl (C=O) groups is 2. The fraction of sp³-hybridized carbons (Fsp3) is 0.273. The Bertz CT molecular complexity index is 1070. The molecule has 162 valence electrons. The molecule has 3 aromatic rings. The molecule has 0 unspecified atom stereocenters. The SMILES string of the molecule is Cc1c(F)cc(C(=O)Nc2ccon2)cc1-c1ccc(OC(=O)NCC(C)(C)C)cn1. The predicted octanol–water partition coefficient (Wildman–Crippen LogP) is 4.57. The Hall–Kier alpha value is -3.75. The van der Waals surface area contributed by atoms with E-state index in [2.05, 4.69) is 25.3 Å². The number of pyridine rings is 1. The number of amides is 2. The topological polar surface area (TPSA) is 106 Å². The summed E-state index contributed by atoms with van der Waals surface area (Å²) in [6, 6.07) is 7.30. The summed E-state index contributed by atoms with van der Waals surface area (Å²) in [5.74, 6) is -0.624. The van der Waals surface area contributed by atoms with Crippen molar-refractivity contribution in [3.63, 3.8) is 0 Å². The number of hydrogen-bond acceptors (Lipinski definition) is 6. The Morgan fingerprint density at radius 2 is 1.97 bits per heavy atom. The molecular weight excluding hydrogens is 403 g/mol. The Balaban J connectivity index is 1.76. The second-order valence-electron chi connectivity index (χ2n) is 8.15. The number of benzene rings is 1. The van der Waals surface area contributed by atoms with Crippen LogP contribution in [0.25, 0.3) is 11.3 Å². The van der Waals surface area contributed by atoms with Crippen molar-refractivity contribution < 1.29 is 23.2 Å². The van der Waals surface area contributed by atoms with E-state index in [0.29, 0.717) is 23.4 Å². The van der Waals surface area contributed by atoms with Gasteiger partial charge in [-0.3, -0.25) is 9.78 Å². The van der Waals surface area contributed by atoms with Crippen LogP contribution in [0.15, 0.2) is 47.3 Å². The number of rotatable bonds is 5. The van der Waals surface area contributed by atoms with Crippen LogP contribution in [0.3, 0.4) is 0 Å². The van der Waals surface area contributed by atoms with Crippen LogP contribution in [0.4, 0.5) is 15.0 Å². The minimum atomic E-state index is -0.585. The van der Waals surface area contributed by atoms with E-state index in [-0.39, 0.29) is 22.5 Å². The fourth-order valence-electron chi connectivity index (χ4n) is 2.62. The third-order valence-corrected chi connectivity index (χ3v) is 4.27. The summed E-state index contributed by atoms with van der Waals surface area (Å²) in [6.07, 6.45) is 2.09. The van der Waals surface area contributed by atoms with Gasteiger partial charge in [-0.1, -0.05) is 25.9 Å². The quantitative estimate of drug-likeness (QED) is 0.619. The largest absolute Gasteiger partial charge is 0.412 e. The molecule has 0 atom stereocenters. The number of ether oxygens (including phenoxy) is 1. The van der Waals surface area contributed by atoms with E-state index < -0.39 is 17.8 Å². The van der Waals surface area contributed by atoms with Gasteiger partial charge < -0.3 is 19.9 Å². The second-order valence-corrected chi connectivity index (χ2v) is 8.15. The first kappa shape index (κ1) is 21.9. The van der Waals surface area contributed by atoms with Crippen LogP contribution >= 0.6 is 0 Å². The van der Waals surface area contributed by atoms with Crippen LogP contribution in [-0.4, -0.2) is 28.7 Å². The van der Waals surface area contributed by atoms with E-state index in [1.54, 1.807) is 19.1 Å². The molecule has 0 aliphatic heterocycles. The second kappa shape index (κ2) is 8.95. The number of nitrogens with zero attached hydrogens (tertiary/aromatic N) is 2. The highest BCUT2D eigenvalue weighted by Crippen LogP contribution is 2.27. The Morgan fingerprint density at radius 3 is 2.58 bits per heavy atom. The van der Waals surface area contributed by atoms with Crippen LogP contribution < -0.4 is 15.4 Å². The lowest BCUT2D eigenvalue weighted by Gasteiger charge is -2.18. The normalized spacial score (nSPS) is 11.1. The van der Waals surface area contributed by atoms with Crippen molar-refractivity contribution in [1.82, 2.24) is 15.5 Å². The summed E-state index contributed by atoms with van der Waals surface area (Å²) in [5, 5.41) is 8.80. The van der Waals surface area contributed by atoms with Crippen molar-refractivity contribution in [2.24, 2.45) is 5.41 Å². The van der Waals surface area contributed by atoms with Gasteiger partial charge in [0.1, 0.15) is 12.1 Å². The molecule has 1 aromatic carbocycles. The van der Waals surface area contributed by atoms with Gasteiger partial charge in [-0.25, -0.2) is 9.18 Å². The molecular formula is C22H23FN4O4. The van der Waals surface area contributed by atoms with Crippen LogP contribution in [-0.2, 0) is 0 Å². The van der Waals surface area contributed by atoms with E-state index >= 15 is 0 Å². The molecule has 0 bridgehead atoms. The maximum absolute atomic E-state index is 14.5. The zero-order valence-electron chi connectivity index (χ0n) is 17.7. The van der Waals surface area contributed by atoms with Crippen molar-refractivity contribution in [3.8, 4) is 17.0 Å². The number of aromatic nitrogens is 2. The molecule has 2 amide bonds. The van der Waals surface area contributed by atoms with Crippen LogP contribution in [0.5, 0.6) is 5.75 Å². The van der Waals surface area contributed by atoms with Gasteiger partial charge in [0.25, 0.3) is 5.91 Å². The Morgan fingerprint density at radius 1 is 1.19 bits per heavy atom. The van der Waals surface area contributed by atoms with Crippen LogP contribution in [0, 0.1) is 18.2 Å². The summed E-state index contributed by atoms with van der Waals surface area (Å²) >= 11 is 0. The fourth-order valence-corrected chi connectivity index (χ4v) is 2.62. The van der Waals surface area contributed by atoms with Crippen molar-refractivity contribution >= 4 is 17.8 Å². The monoisotopic (exact) mass is 426 g/mol. The van der Waals surface area contributed by atoms with E-state index in [1.807, 2.05) is 20.8 Å². The highest BCUT2D eigenvalue weighted by atomic mass is 19.1. The average molecular weight is 426 g/mol. The predicted molar refractivity (Wildman–Crippen MR) is 112 cm³/mol. The van der Waals surface area contributed by atoms with Crippen molar-refractivity contribution in [1.29, 1.82) is 0 Å². The molecule has 8 nitrogen and oxygen atoms in total. The van der Waals surface area contributed by atoms with E-state index in [9.17, 15) is 14.0 Å². The zero-order chi connectivity index (χ0) is 22.6. The number of halogens is 1. The van der Waals surface area contributed by atoms with Gasteiger partial charge in [-0.15, -0.1) is 0 Å². The minimum Gasteiger partial charge on any atom is -0.409 e. The standard InChI is InChI=1S/C22H23FN4O4/c1-13-16(9-14(10-17(13)23)20(28)26-19-7-8-30-27-19)18-6-5-15(11-24-18)31-21(29)25-12-22(2,3)4/h5-11H,12H2,1-4H3,(H,25,29)(H,26,27,28). The van der Waals surface area contributed by atoms with Gasteiger partial charge in [0.15, 0.2) is 11.6 Å². The molecule has 0 aliphatic carbocycles. The number of anilines is 1. The molecule has 9 heteroatoms. The van der Waals surface area contributed by atoms with Gasteiger partial charge in [-0.05, 0) is 42.2 Å². The van der Waals surface area contributed by atoms with Crippen molar-refractivity contribution in [2.45, 2.75) is 27.7 Å². The summed E-state index contributed by atoms with van der Waals surface area (Å²) in [4.78, 5) is 28.6. The highest BCUT2D eigenvalue weighted by Gasteiger charge is 2.16. The first-order valence-electron chi connectivity index (χ1n) is 9.56. The molecule has 2 heterocycles. The first-order valence-corrected chi connectivity index (χ1v) is 9.56. The molecule has 0 spiro atoms. The molecule has 0 saturated heterocycles. The van der Waals surface area contributed by atoms with Gasteiger partial charge in [0.05, 0.1) is 11.9 Å². The first-order chi connectivity index (χ1) is 14.6. The molecule has 2 aromatic heterocycles. The van der Waals surface area contributed by atoms with Gasteiger partial charge in [0, 0.05) is 23.7 Å². The molecule has 2 N–H and O–H groups in total. The molecule has 31 heavy (non-hydrogen) atoms. The van der Waals surface area contributed by atoms with Gasteiger partial charge in [-0.2, -0.15) is 0 Å². The minimum absolute atomic E-state index is 0.0757. The lowest BCUT2D eigenvalue weighted by atomic mass is 9.97.